The molecule has 2 aromatic rings. The van der Waals surface area contributed by atoms with Crippen molar-refractivity contribution in [2.75, 3.05) is 5.32 Å². The third-order valence-corrected chi connectivity index (χ3v) is 5.04. The first kappa shape index (κ1) is 13.3. The van der Waals surface area contributed by atoms with Crippen LogP contribution in [0, 0.1) is 6.92 Å². The van der Waals surface area contributed by atoms with Crippen LogP contribution >= 0.6 is 11.3 Å². The number of rotatable bonds is 2. The number of anilines is 1. The second-order valence-corrected chi connectivity index (χ2v) is 7.13. The highest BCUT2D eigenvalue weighted by Crippen LogP contribution is 2.39. The summed E-state index contributed by atoms with van der Waals surface area (Å²) >= 11 is 1.72. The monoisotopic (exact) mass is 286 g/mol. The van der Waals surface area contributed by atoms with Gasteiger partial charge in [0, 0.05) is 15.4 Å². The molecule has 3 nitrogen and oxygen atoms in total. The zero-order valence-electron chi connectivity index (χ0n) is 11.9. The maximum atomic E-state index is 12.0. The Morgan fingerprint density at radius 3 is 2.65 bits per heavy atom. The minimum absolute atomic E-state index is 0.0465. The van der Waals surface area contributed by atoms with E-state index in [1.807, 2.05) is 26.0 Å². The summed E-state index contributed by atoms with van der Waals surface area (Å²) in [5.74, 6) is 0.0465. The highest BCUT2D eigenvalue weighted by atomic mass is 32.1. The fourth-order valence-electron chi connectivity index (χ4n) is 2.57. The van der Waals surface area contributed by atoms with Crippen LogP contribution in [0.25, 0.3) is 0 Å². The van der Waals surface area contributed by atoms with Gasteiger partial charge >= 0.3 is 0 Å². The third kappa shape index (κ3) is 1.96. The molecule has 1 amide bonds. The Balaban J connectivity index is 2.02. The molecule has 4 heteroatoms. The fraction of sp³-hybridized carbons (Fsp3) is 0.312. The summed E-state index contributed by atoms with van der Waals surface area (Å²) in [6.45, 7) is 5.97. The maximum Gasteiger partial charge on any atom is 0.234 e. The van der Waals surface area contributed by atoms with Crippen LogP contribution in [-0.4, -0.2) is 5.91 Å². The zero-order valence-corrected chi connectivity index (χ0v) is 12.7. The van der Waals surface area contributed by atoms with E-state index in [0.29, 0.717) is 0 Å². The lowest BCUT2D eigenvalue weighted by Gasteiger charge is -2.17. The Bertz CT molecular complexity index is 688. The summed E-state index contributed by atoms with van der Waals surface area (Å²) in [7, 11) is 0. The Kier molecular flexibility index (Phi) is 2.96. The van der Waals surface area contributed by atoms with Gasteiger partial charge in [-0.3, -0.25) is 4.79 Å². The summed E-state index contributed by atoms with van der Waals surface area (Å²) in [6, 6.07) is 10.0. The van der Waals surface area contributed by atoms with Crippen LogP contribution in [0.15, 0.2) is 30.3 Å². The van der Waals surface area contributed by atoms with E-state index in [2.05, 4.69) is 30.4 Å². The molecule has 1 unspecified atom stereocenters. The maximum absolute atomic E-state index is 12.0. The van der Waals surface area contributed by atoms with Gasteiger partial charge in [-0.2, -0.15) is 0 Å². The van der Waals surface area contributed by atoms with Crippen LogP contribution in [0.5, 0.6) is 0 Å². The average Bonchev–Trinajstić information content (AvgIpc) is 2.92. The van der Waals surface area contributed by atoms with Gasteiger partial charge in [0.05, 0.1) is 11.5 Å². The van der Waals surface area contributed by atoms with Crippen molar-refractivity contribution >= 4 is 22.9 Å². The number of carbonyl (C=O) groups excluding carboxylic acids is 1. The Morgan fingerprint density at radius 1 is 1.25 bits per heavy atom. The van der Waals surface area contributed by atoms with Gasteiger partial charge in [-0.05, 0) is 50.1 Å². The summed E-state index contributed by atoms with van der Waals surface area (Å²) in [5.41, 5.74) is 8.85. The molecular formula is C16H18N2OS. The van der Waals surface area contributed by atoms with Gasteiger partial charge in [-0.1, -0.05) is 12.1 Å². The van der Waals surface area contributed by atoms with E-state index in [4.69, 9.17) is 5.73 Å². The highest BCUT2D eigenvalue weighted by Gasteiger charge is 2.38. The van der Waals surface area contributed by atoms with Crippen molar-refractivity contribution in [2.24, 2.45) is 5.73 Å². The first-order valence-corrected chi connectivity index (χ1v) is 7.49. The number of hydrogen-bond acceptors (Lipinski definition) is 3. The lowest BCUT2D eigenvalue weighted by atomic mass is 9.84. The van der Waals surface area contributed by atoms with Crippen LogP contribution in [0.1, 0.15) is 40.8 Å². The van der Waals surface area contributed by atoms with Gasteiger partial charge < -0.3 is 11.1 Å². The molecule has 0 saturated carbocycles. The number of nitrogens with two attached hydrogens (primary N) is 1. The number of carbonyl (C=O) groups is 1. The topological polar surface area (TPSA) is 55.1 Å². The minimum Gasteiger partial charge on any atom is -0.325 e. The molecule has 1 aromatic heterocycles. The quantitative estimate of drug-likeness (QED) is 0.889. The molecule has 0 fully saturated rings. The van der Waals surface area contributed by atoms with Crippen molar-refractivity contribution in [2.45, 2.75) is 32.2 Å². The first-order chi connectivity index (χ1) is 9.39. The van der Waals surface area contributed by atoms with Crippen LogP contribution in [0.3, 0.4) is 0 Å². The fourth-order valence-corrected chi connectivity index (χ4v) is 3.47. The molecule has 0 bridgehead atoms. The number of benzene rings is 1. The first-order valence-electron chi connectivity index (χ1n) is 6.67. The number of amides is 1. The molecule has 1 aromatic carbocycles. The molecule has 1 aliphatic rings. The minimum atomic E-state index is -0.490. The second-order valence-electron chi connectivity index (χ2n) is 5.81. The molecule has 0 radical (unpaired) electrons. The molecular weight excluding hydrogens is 268 g/mol. The summed E-state index contributed by atoms with van der Waals surface area (Å²) in [4.78, 5) is 14.4. The Labute approximate surface area is 122 Å². The normalized spacial score (nSPS) is 17.7. The Morgan fingerprint density at radius 2 is 2.00 bits per heavy atom. The van der Waals surface area contributed by atoms with E-state index in [1.54, 1.807) is 11.3 Å². The molecule has 0 aliphatic carbocycles. The van der Waals surface area contributed by atoms with Crippen molar-refractivity contribution in [3.63, 3.8) is 0 Å². The molecule has 1 aliphatic heterocycles. The molecule has 3 N–H and O–H groups in total. The predicted octanol–water partition coefficient (Wildman–Crippen LogP) is 3.33. The molecule has 104 valence electrons. The predicted molar refractivity (Wildman–Crippen MR) is 83.2 cm³/mol. The smallest absolute Gasteiger partial charge is 0.234 e. The molecule has 0 saturated heterocycles. The van der Waals surface area contributed by atoms with Gasteiger partial charge in [-0.25, -0.2) is 0 Å². The van der Waals surface area contributed by atoms with Crippen molar-refractivity contribution in [3.8, 4) is 0 Å². The second kappa shape index (κ2) is 4.43. The van der Waals surface area contributed by atoms with Crippen molar-refractivity contribution in [3.05, 3.63) is 51.2 Å². The molecule has 20 heavy (non-hydrogen) atoms. The van der Waals surface area contributed by atoms with E-state index in [-0.39, 0.29) is 11.9 Å². The van der Waals surface area contributed by atoms with Crippen LogP contribution in [0.2, 0.25) is 0 Å². The highest BCUT2D eigenvalue weighted by molar-refractivity contribution is 7.12. The van der Waals surface area contributed by atoms with Crippen LogP contribution in [0.4, 0.5) is 5.69 Å². The van der Waals surface area contributed by atoms with Crippen LogP contribution in [-0.2, 0) is 10.2 Å². The molecule has 0 spiro atoms. The number of nitrogens with one attached hydrogen (secondary N) is 1. The third-order valence-electron chi connectivity index (χ3n) is 3.96. The average molecular weight is 286 g/mol. The van der Waals surface area contributed by atoms with E-state index in [0.717, 1.165) is 21.7 Å². The number of fused-ring (bicyclic) bond motifs is 1. The largest absolute Gasteiger partial charge is 0.325 e. The summed E-state index contributed by atoms with van der Waals surface area (Å²) < 4.78 is 0. The molecule has 2 heterocycles. The van der Waals surface area contributed by atoms with Crippen molar-refractivity contribution < 1.29 is 4.79 Å². The van der Waals surface area contributed by atoms with Gasteiger partial charge in [0.2, 0.25) is 5.91 Å². The lowest BCUT2D eigenvalue weighted by Crippen LogP contribution is -2.27. The summed E-state index contributed by atoms with van der Waals surface area (Å²) in [5, 5.41) is 2.92. The van der Waals surface area contributed by atoms with Gasteiger partial charge in [-0.15, -0.1) is 11.3 Å². The number of hydrogen-bond donors (Lipinski definition) is 2. The standard InChI is InChI=1S/C16H18N2OS/c1-9-4-7-13(20-9)14(17)10-5-6-12-11(8-10)16(2,3)15(19)18-12/h4-8,14H,17H2,1-3H3,(H,18,19). The van der Waals surface area contributed by atoms with Crippen molar-refractivity contribution in [1.29, 1.82) is 0 Å². The van der Waals surface area contributed by atoms with E-state index >= 15 is 0 Å². The SMILES string of the molecule is Cc1ccc(C(N)c2ccc3c(c2)C(C)(C)C(=O)N3)s1. The lowest BCUT2D eigenvalue weighted by molar-refractivity contribution is -0.119. The summed E-state index contributed by atoms with van der Waals surface area (Å²) in [6.07, 6.45) is 0. The van der Waals surface area contributed by atoms with E-state index < -0.39 is 5.41 Å². The van der Waals surface area contributed by atoms with Gasteiger partial charge in [0.15, 0.2) is 0 Å². The van der Waals surface area contributed by atoms with E-state index in [9.17, 15) is 4.79 Å². The molecule has 1 atom stereocenters. The Hall–Kier alpha value is -1.65. The number of thiophene rings is 1. The number of aryl methyl sites for hydroxylation is 1. The van der Waals surface area contributed by atoms with Crippen LogP contribution < -0.4 is 11.1 Å². The molecule has 3 rings (SSSR count). The van der Waals surface area contributed by atoms with Gasteiger partial charge in [0.25, 0.3) is 0 Å². The van der Waals surface area contributed by atoms with Gasteiger partial charge in [0.1, 0.15) is 0 Å². The van der Waals surface area contributed by atoms with E-state index in [1.165, 1.54) is 4.88 Å². The zero-order chi connectivity index (χ0) is 14.5. The van der Waals surface area contributed by atoms with Crippen molar-refractivity contribution in [1.82, 2.24) is 0 Å².